The van der Waals surface area contributed by atoms with Crippen molar-refractivity contribution in [2.45, 2.75) is 51.2 Å². The summed E-state index contributed by atoms with van der Waals surface area (Å²) in [7, 11) is 1.78. The summed E-state index contributed by atoms with van der Waals surface area (Å²) in [4.78, 5) is 46.5. The van der Waals surface area contributed by atoms with Gasteiger partial charge in [0.2, 0.25) is 11.8 Å². The molecule has 6 N–H and O–H groups in total. The highest BCUT2D eigenvalue weighted by molar-refractivity contribution is 5.92. The summed E-state index contributed by atoms with van der Waals surface area (Å²) in [5.74, 6) is -3.57. The lowest BCUT2D eigenvalue weighted by Crippen LogP contribution is -2.54. The fourth-order valence-corrected chi connectivity index (χ4v) is 2.26. The highest BCUT2D eigenvalue weighted by Gasteiger charge is 2.27. The number of rotatable bonds is 16. The fourth-order valence-electron chi connectivity index (χ4n) is 2.26. The highest BCUT2D eigenvalue weighted by Crippen LogP contribution is 2.02. The Labute approximate surface area is 164 Å². The first-order valence-corrected chi connectivity index (χ1v) is 9.17. The van der Waals surface area contributed by atoms with E-state index in [0.717, 1.165) is 0 Å². The summed E-state index contributed by atoms with van der Waals surface area (Å²) in [6, 6.07) is -2.24. The zero-order valence-corrected chi connectivity index (χ0v) is 16.6. The lowest BCUT2D eigenvalue weighted by molar-refractivity contribution is -0.140. The molecule has 162 valence electrons. The lowest BCUT2D eigenvalue weighted by Gasteiger charge is -2.23. The number of amides is 2. The predicted molar refractivity (Wildman–Crippen MR) is 101 cm³/mol. The molecule has 0 fully saturated rings. The number of carboxylic acid groups (broad SMARTS) is 2. The van der Waals surface area contributed by atoms with Gasteiger partial charge in [-0.3, -0.25) is 19.2 Å². The van der Waals surface area contributed by atoms with E-state index in [4.69, 9.17) is 14.9 Å². The van der Waals surface area contributed by atoms with Crippen LogP contribution in [0, 0.1) is 0 Å². The molecular weight excluding hydrogens is 372 g/mol. The topological polar surface area (TPSA) is 166 Å². The van der Waals surface area contributed by atoms with Gasteiger partial charge in [0.1, 0.15) is 6.04 Å². The van der Waals surface area contributed by atoms with Crippen molar-refractivity contribution in [1.29, 1.82) is 0 Å². The fraction of sp³-hybridized carbons (Fsp3) is 0.765. The van der Waals surface area contributed by atoms with E-state index in [1.54, 1.807) is 20.9 Å². The smallest absolute Gasteiger partial charge is 0.305 e. The molecular formula is C17H32N4O7. The van der Waals surface area contributed by atoms with Crippen molar-refractivity contribution in [1.82, 2.24) is 21.3 Å². The van der Waals surface area contributed by atoms with Gasteiger partial charge in [-0.25, -0.2) is 0 Å². The molecule has 2 amide bonds. The van der Waals surface area contributed by atoms with Gasteiger partial charge in [0.05, 0.1) is 25.7 Å². The number of hydrogen-bond donors (Lipinski definition) is 6. The van der Waals surface area contributed by atoms with E-state index in [1.807, 2.05) is 0 Å². The highest BCUT2D eigenvalue weighted by atomic mass is 16.5. The van der Waals surface area contributed by atoms with E-state index in [0.29, 0.717) is 13.2 Å². The van der Waals surface area contributed by atoms with Crippen LogP contribution in [-0.2, 0) is 23.9 Å². The maximum atomic E-state index is 12.5. The molecule has 0 spiro atoms. The zero-order chi connectivity index (χ0) is 21.5. The average molecular weight is 404 g/mol. The average Bonchev–Trinajstić information content (AvgIpc) is 2.59. The Bertz CT molecular complexity index is 514. The van der Waals surface area contributed by atoms with Gasteiger partial charge in [0, 0.05) is 25.6 Å². The van der Waals surface area contributed by atoms with Crippen molar-refractivity contribution in [3.63, 3.8) is 0 Å². The van der Waals surface area contributed by atoms with Crippen LogP contribution in [0.25, 0.3) is 0 Å². The summed E-state index contributed by atoms with van der Waals surface area (Å²) in [5, 5.41) is 28.6. The van der Waals surface area contributed by atoms with Crippen molar-refractivity contribution >= 4 is 23.8 Å². The molecule has 2 atom stereocenters. The third-order valence-corrected chi connectivity index (χ3v) is 3.55. The van der Waals surface area contributed by atoms with E-state index in [9.17, 15) is 19.2 Å². The quantitative estimate of drug-likeness (QED) is 0.168. The van der Waals surface area contributed by atoms with Gasteiger partial charge in [-0.2, -0.15) is 0 Å². The molecule has 0 aliphatic rings. The predicted octanol–water partition coefficient (Wildman–Crippen LogP) is -1.47. The van der Waals surface area contributed by atoms with Gasteiger partial charge in [-0.1, -0.05) is 13.8 Å². The van der Waals surface area contributed by atoms with Crippen LogP contribution in [0.1, 0.15) is 33.1 Å². The zero-order valence-electron chi connectivity index (χ0n) is 16.6. The molecule has 0 bridgehead atoms. The van der Waals surface area contributed by atoms with Gasteiger partial charge in [0.15, 0.2) is 0 Å². The van der Waals surface area contributed by atoms with Gasteiger partial charge >= 0.3 is 11.9 Å². The van der Waals surface area contributed by atoms with Crippen molar-refractivity contribution in [2.24, 2.45) is 0 Å². The maximum Gasteiger partial charge on any atom is 0.305 e. The molecule has 0 unspecified atom stereocenters. The number of likely N-dealkylation sites (N-methyl/N-ethyl adjacent to an activating group) is 1. The second-order valence-corrected chi connectivity index (χ2v) is 6.47. The van der Waals surface area contributed by atoms with Crippen molar-refractivity contribution in [3.8, 4) is 0 Å². The molecule has 11 heteroatoms. The summed E-state index contributed by atoms with van der Waals surface area (Å²) in [5.41, 5.74) is 0. The molecule has 0 heterocycles. The Kier molecular flexibility index (Phi) is 13.6. The number of carbonyl (C=O) groups excluding carboxylic acids is 2. The number of nitrogens with one attached hydrogen (secondary N) is 4. The number of ether oxygens (including phenoxy) is 1. The van der Waals surface area contributed by atoms with E-state index < -0.39 is 42.3 Å². The minimum atomic E-state index is -1.27. The van der Waals surface area contributed by atoms with Crippen molar-refractivity contribution in [2.75, 3.05) is 33.4 Å². The molecule has 11 nitrogen and oxygen atoms in total. The lowest BCUT2D eigenvalue weighted by atomic mass is 10.1. The summed E-state index contributed by atoms with van der Waals surface area (Å²) >= 11 is 0. The monoisotopic (exact) mass is 404 g/mol. The molecule has 0 radical (unpaired) electrons. The van der Waals surface area contributed by atoms with Gasteiger partial charge < -0.3 is 36.2 Å². The molecule has 0 aromatic rings. The number of carbonyl (C=O) groups is 4. The summed E-state index contributed by atoms with van der Waals surface area (Å²) in [6.07, 6.45) is -0.816. The Hall–Kier alpha value is -2.24. The number of carboxylic acids is 2. The second-order valence-electron chi connectivity index (χ2n) is 6.47. The van der Waals surface area contributed by atoms with Gasteiger partial charge in [-0.15, -0.1) is 0 Å². The summed E-state index contributed by atoms with van der Waals surface area (Å²) < 4.78 is 5.26. The molecule has 0 rings (SSSR count). The molecule has 0 aliphatic heterocycles. The van der Waals surface area contributed by atoms with Crippen molar-refractivity contribution in [3.05, 3.63) is 0 Å². The molecule has 0 saturated carbocycles. The normalized spacial score (nSPS) is 13.0. The van der Waals surface area contributed by atoms with Crippen LogP contribution < -0.4 is 21.3 Å². The van der Waals surface area contributed by atoms with Crippen LogP contribution in [0.15, 0.2) is 0 Å². The van der Waals surface area contributed by atoms with Crippen LogP contribution in [0.2, 0.25) is 0 Å². The van der Waals surface area contributed by atoms with Gasteiger partial charge in [0.25, 0.3) is 0 Å². The molecule has 28 heavy (non-hydrogen) atoms. The Morgan fingerprint density at radius 3 is 2.11 bits per heavy atom. The minimum absolute atomic E-state index is 0.0139. The van der Waals surface area contributed by atoms with E-state index >= 15 is 0 Å². The van der Waals surface area contributed by atoms with Crippen LogP contribution in [0.5, 0.6) is 0 Å². The van der Waals surface area contributed by atoms with Crippen molar-refractivity contribution < 1.29 is 34.1 Å². The Morgan fingerprint density at radius 2 is 1.57 bits per heavy atom. The SMILES string of the molecule is CNCCOCCNC(=O)[C@H](CC(=O)O)NC(=O)[C@H](CCC(=O)O)NC(C)C. The third-order valence-electron chi connectivity index (χ3n) is 3.55. The molecule has 0 aliphatic carbocycles. The van der Waals surface area contributed by atoms with E-state index in [1.165, 1.54) is 0 Å². The van der Waals surface area contributed by atoms with Gasteiger partial charge in [-0.05, 0) is 13.5 Å². The first-order valence-electron chi connectivity index (χ1n) is 9.17. The van der Waals surface area contributed by atoms with E-state index in [2.05, 4.69) is 21.3 Å². The van der Waals surface area contributed by atoms with Crippen LogP contribution in [-0.4, -0.2) is 85.4 Å². The van der Waals surface area contributed by atoms with E-state index in [-0.39, 0.29) is 32.0 Å². The minimum Gasteiger partial charge on any atom is -0.481 e. The standard InChI is InChI=1S/C17H32N4O7/c1-11(2)20-12(4-5-14(22)23)17(27)21-13(10-15(24)25)16(26)19-7-9-28-8-6-18-3/h11-13,18,20H,4-10H2,1-3H3,(H,19,26)(H,21,27)(H,22,23)(H,24,25)/t12-,13-/m0/s1. The molecule has 0 saturated heterocycles. The summed E-state index contributed by atoms with van der Waals surface area (Å²) in [6.45, 7) is 5.12. The van der Waals surface area contributed by atoms with Crippen LogP contribution in [0.4, 0.5) is 0 Å². The Morgan fingerprint density at radius 1 is 0.929 bits per heavy atom. The first-order chi connectivity index (χ1) is 13.2. The first kappa shape index (κ1) is 25.8. The number of aliphatic carboxylic acids is 2. The second kappa shape index (κ2) is 14.8. The van der Waals surface area contributed by atoms with Crippen LogP contribution in [0.3, 0.4) is 0 Å². The molecule has 0 aromatic carbocycles. The number of hydrogen-bond acceptors (Lipinski definition) is 7. The third kappa shape index (κ3) is 13.0. The van der Waals surface area contributed by atoms with Crippen LogP contribution >= 0.6 is 0 Å². The maximum absolute atomic E-state index is 12.5. The largest absolute Gasteiger partial charge is 0.481 e. The Balaban J connectivity index is 4.78. The molecule has 0 aromatic heterocycles.